The van der Waals surface area contributed by atoms with Gasteiger partial charge >= 0.3 is 0 Å². The van der Waals surface area contributed by atoms with Gasteiger partial charge in [-0.3, -0.25) is 0 Å². The summed E-state index contributed by atoms with van der Waals surface area (Å²) < 4.78 is 18.8. The Morgan fingerprint density at radius 2 is 2.09 bits per heavy atom. The first kappa shape index (κ1) is 15.2. The molecular weight excluding hydrogens is 297 g/mol. The molecule has 0 radical (unpaired) electrons. The average Bonchev–Trinajstić information content (AvgIpc) is 3.05. The fourth-order valence-corrected chi connectivity index (χ4v) is 2.13. The predicted octanol–water partition coefficient (Wildman–Crippen LogP) is 3.29. The van der Waals surface area contributed by atoms with Crippen molar-refractivity contribution in [3.8, 4) is 11.4 Å². The molecule has 5 nitrogen and oxygen atoms in total. The van der Waals surface area contributed by atoms with E-state index >= 15 is 0 Å². The second kappa shape index (κ2) is 6.58. The number of aryl methyl sites for hydroxylation is 1. The molecule has 6 heteroatoms. The number of aromatic nitrogens is 2. The Kier molecular flexibility index (Phi) is 4.34. The maximum Gasteiger partial charge on any atom is 0.246 e. The van der Waals surface area contributed by atoms with Gasteiger partial charge in [-0.1, -0.05) is 29.4 Å². The molecular formula is C17H16FN3O2. The van der Waals surface area contributed by atoms with Gasteiger partial charge in [0, 0.05) is 11.3 Å². The highest BCUT2D eigenvalue weighted by atomic mass is 19.1. The molecule has 0 bridgehead atoms. The van der Waals surface area contributed by atoms with E-state index in [-0.39, 0.29) is 12.4 Å². The molecule has 2 N–H and O–H groups in total. The third kappa shape index (κ3) is 3.54. The Bertz CT molecular complexity index is 817. The fourth-order valence-electron chi connectivity index (χ4n) is 2.13. The lowest BCUT2D eigenvalue weighted by Crippen LogP contribution is -2.00. The minimum atomic E-state index is -0.298. The van der Waals surface area contributed by atoms with Crippen molar-refractivity contribution >= 4 is 5.69 Å². The minimum absolute atomic E-state index is 0.0147. The molecule has 23 heavy (non-hydrogen) atoms. The summed E-state index contributed by atoms with van der Waals surface area (Å²) in [4.78, 5) is 4.25. The molecule has 0 fully saturated rings. The number of hydrogen-bond acceptors (Lipinski definition) is 5. The molecule has 0 aliphatic carbocycles. The summed E-state index contributed by atoms with van der Waals surface area (Å²) in [5.41, 5.74) is 2.81. The van der Waals surface area contributed by atoms with E-state index in [1.807, 2.05) is 24.3 Å². The molecule has 0 saturated carbocycles. The highest BCUT2D eigenvalue weighted by molar-refractivity contribution is 5.55. The van der Waals surface area contributed by atoms with E-state index < -0.39 is 0 Å². The zero-order chi connectivity index (χ0) is 16.2. The van der Waals surface area contributed by atoms with Gasteiger partial charge in [0.05, 0.1) is 13.2 Å². The van der Waals surface area contributed by atoms with Crippen LogP contribution in [0.25, 0.3) is 11.4 Å². The van der Waals surface area contributed by atoms with E-state index in [9.17, 15) is 4.39 Å². The van der Waals surface area contributed by atoms with Crippen LogP contribution in [0.1, 0.15) is 17.0 Å². The van der Waals surface area contributed by atoms with Crippen LogP contribution in [0.4, 0.5) is 10.1 Å². The summed E-state index contributed by atoms with van der Waals surface area (Å²) in [7, 11) is 0. The largest absolute Gasteiger partial charge is 0.392 e. The summed E-state index contributed by atoms with van der Waals surface area (Å²) in [6.45, 7) is 2.03. The van der Waals surface area contributed by atoms with E-state index in [1.54, 1.807) is 19.1 Å². The van der Waals surface area contributed by atoms with Crippen molar-refractivity contribution in [1.82, 2.24) is 10.1 Å². The number of halogens is 1. The van der Waals surface area contributed by atoms with Crippen molar-refractivity contribution in [2.45, 2.75) is 20.1 Å². The van der Waals surface area contributed by atoms with Crippen molar-refractivity contribution in [2.24, 2.45) is 0 Å². The Morgan fingerprint density at radius 1 is 1.22 bits per heavy atom. The van der Waals surface area contributed by atoms with E-state index in [1.165, 1.54) is 6.07 Å². The highest BCUT2D eigenvalue weighted by Crippen LogP contribution is 2.19. The number of benzene rings is 2. The van der Waals surface area contributed by atoms with E-state index in [2.05, 4.69) is 15.5 Å². The Morgan fingerprint density at radius 3 is 2.87 bits per heavy atom. The molecule has 118 valence electrons. The molecule has 2 aromatic carbocycles. The van der Waals surface area contributed by atoms with Crippen LogP contribution in [-0.2, 0) is 13.2 Å². The summed E-state index contributed by atoms with van der Waals surface area (Å²) in [6, 6.07) is 12.2. The van der Waals surface area contributed by atoms with Crippen LogP contribution in [-0.4, -0.2) is 15.2 Å². The standard InChI is InChI=1S/C17H16FN3O2/c1-11-5-6-13(8-15(11)18)17-20-16(23-21-17)9-19-14-4-2-3-12(7-14)10-22/h2-8,19,22H,9-10H2,1H3. The van der Waals surface area contributed by atoms with Gasteiger partial charge in [0.15, 0.2) is 0 Å². The molecule has 1 heterocycles. The molecule has 0 spiro atoms. The summed E-state index contributed by atoms with van der Waals surface area (Å²) in [5.74, 6) is 0.452. The predicted molar refractivity (Wildman–Crippen MR) is 84.1 cm³/mol. The molecule has 0 atom stereocenters. The zero-order valence-electron chi connectivity index (χ0n) is 12.6. The molecule has 3 rings (SSSR count). The normalized spacial score (nSPS) is 10.7. The molecule has 0 amide bonds. The van der Waals surface area contributed by atoms with Crippen LogP contribution in [0.2, 0.25) is 0 Å². The maximum atomic E-state index is 13.6. The molecule has 1 aromatic heterocycles. The van der Waals surface area contributed by atoms with Crippen LogP contribution in [0, 0.1) is 12.7 Å². The number of aliphatic hydroxyl groups excluding tert-OH is 1. The Labute approximate surface area is 132 Å². The fraction of sp³-hybridized carbons (Fsp3) is 0.176. The quantitative estimate of drug-likeness (QED) is 0.756. The third-order valence-corrected chi connectivity index (χ3v) is 3.45. The van der Waals surface area contributed by atoms with Gasteiger partial charge in [0.2, 0.25) is 11.7 Å². The number of aliphatic hydroxyl groups is 1. The Balaban J connectivity index is 1.70. The maximum absolute atomic E-state index is 13.6. The molecule has 0 aliphatic heterocycles. The topological polar surface area (TPSA) is 71.2 Å². The van der Waals surface area contributed by atoms with Gasteiger partial charge in [-0.25, -0.2) is 4.39 Å². The van der Waals surface area contributed by atoms with Crippen molar-refractivity contribution in [3.05, 3.63) is 65.3 Å². The monoisotopic (exact) mass is 313 g/mol. The summed E-state index contributed by atoms with van der Waals surface area (Å²) >= 11 is 0. The van der Waals surface area contributed by atoms with E-state index in [0.717, 1.165) is 11.3 Å². The second-order valence-electron chi connectivity index (χ2n) is 5.19. The van der Waals surface area contributed by atoms with Crippen LogP contribution < -0.4 is 5.32 Å². The van der Waals surface area contributed by atoms with Gasteiger partial charge in [-0.05, 0) is 36.2 Å². The van der Waals surface area contributed by atoms with Gasteiger partial charge in [-0.15, -0.1) is 0 Å². The lowest BCUT2D eigenvalue weighted by atomic mass is 10.1. The third-order valence-electron chi connectivity index (χ3n) is 3.45. The van der Waals surface area contributed by atoms with Gasteiger partial charge in [0.25, 0.3) is 0 Å². The van der Waals surface area contributed by atoms with Gasteiger partial charge < -0.3 is 14.9 Å². The molecule has 3 aromatic rings. The van der Waals surface area contributed by atoms with Crippen molar-refractivity contribution in [1.29, 1.82) is 0 Å². The van der Waals surface area contributed by atoms with Gasteiger partial charge in [0.1, 0.15) is 5.82 Å². The van der Waals surface area contributed by atoms with Crippen molar-refractivity contribution in [3.63, 3.8) is 0 Å². The minimum Gasteiger partial charge on any atom is -0.392 e. The van der Waals surface area contributed by atoms with Crippen LogP contribution in [0.5, 0.6) is 0 Å². The SMILES string of the molecule is Cc1ccc(-c2noc(CNc3cccc(CO)c3)n2)cc1F. The Hall–Kier alpha value is -2.73. The van der Waals surface area contributed by atoms with Gasteiger partial charge in [-0.2, -0.15) is 4.98 Å². The van der Waals surface area contributed by atoms with E-state index in [0.29, 0.717) is 29.4 Å². The van der Waals surface area contributed by atoms with Crippen LogP contribution in [0.15, 0.2) is 47.0 Å². The number of hydrogen-bond donors (Lipinski definition) is 2. The number of rotatable bonds is 5. The second-order valence-corrected chi connectivity index (χ2v) is 5.19. The van der Waals surface area contributed by atoms with Crippen molar-refractivity contribution < 1.29 is 14.0 Å². The zero-order valence-corrected chi connectivity index (χ0v) is 12.6. The molecule has 0 unspecified atom stereocenters. The average molecular weight is 313 g/mol. The van der Waals surface area contributed by atoms with E-state index in [4.69, 9.17) is 9.63 Å². The first-order valence-electron chi connectivity index (χ1n) is 7.18. The lowest BCUT2D eigenvalue weighted by Gasteiger charge is -2.04. The van der Waals surface area contributed by atoms with Crippen LogP contribution in [0.3, 0.4) is 0 Å². The highest BCUT2D eigenvalue weighted by Gasteiger charge is 2.10. The first-order valence-corrected chi connectivity index (χ1v) is 7.18. The summed E-state index contributed by atoms with van der Waals surface area (Å²) in [5, 5.41) is 16.1. The molecule has 0 saturated heterocycles. The first-order chi connectivity index (χ1) is 11.2. The summed E-state index contributed by atoms with van der Waals surface area (Å²) in [6.07, 6.45) is 0. The van der Waals surface area contributed by atoms with Crippen LogP contribution >= 0.6 is 0 Å². The van der Waals surface area contributed by atoms with Crippen molar-refractivity contribution in [2.75, 3.05) is 5.32 Å². The lowest BCUT2D eigenvalue weighted by molar-refractivity contribution is 0.282. The smallest absolute Gasteiger partial charge is 0.246 e. The molecule has 0 aliphatic rings. The number of nitrogens with one attached hydrogen (secondary N) is 1. The number of nitrogens with zero attached hydrogens (tertiary/aromatic N) is 2. The number of anilines is 1.